The zero-order chi connectivity index (χ0) is 19.9. The van der Waals surface area contributed by atoms with Crippen molar-refractivity contribution in [1.82, 2.24) is 4.98 Å². The minimum absolute atomic E-state index is 0.0348. The smallest absolute Gasteiger partial charge is 0.183 e. The lowest BCUT2D eigenvalue weighted by Gasteiger charge is -2.05. The topological polar surface area (TPSA) is 96.5 Å². The summed E-state index contributed by atoms with van der Waals surface area (Å²) in [6.07, 6.45) is 3.07. The molecule has 3 rings (SSSR count). The highest BCUT2D eigenvalue weighted by molar-refractivity contribution is 5.85. The fourth-order valence-electron chi connectivity index (χ4n) is 2.44. The van der Waals surface area contributed by atoms with E-state index in [-0.39, 0.29) is 11.5 Å². The maximum Gasteiger partial charge on any atom is 0.183 e. The van der Waals surface area contributed by atoms with Gasteiger partial charge in [-0.2, -0.15) is 0 Å². The van der Waals surface area contributed by atoms with E-state index in [2.05, 4.69) is 15.0 Å². The van der Waals surface area contributed by atoms with Gasteiger partial charge in [-0.1, -0.05) is 18.2 Å². The second-order valence-electron chi connectivity index (χ2n) is 5.66. The molecule has 0 aliphatic heterocycles. The Labute approximate surface area is 162 Å². The van der Waals surface area contributed by atoms with Crippen molar-refractivity contribution in [3.05, 3.63) is 66.0 Å². The van der Waals surface area contributed by atoms with Crippen LogP contribution >= 0.6 is 0 Å². The number of aromatic hydroxyl groups is 2. The summed E-state index contributed by atoms with van der Waals surface area (Å²) in [4.78, 5) is 12.9. The van der Waals surface area contributed by atoms with Gasteiger partial charge in [-0.3, -0.25) is 9.98 Å². The number of para-hydroxylation sites is 2. The maximum atomic E-state index is 10.1. The van der Waals surface area contributed by atoms with Crippen LogP contribution in [0.15, 0.2) is 64.6 Å². The quantitative estimate of drug-likeness (QED) is 0.633. The van der Waals surface area contributed by atoms with Crippen molar-refractivity contribution in [2.45, 2.75) is 0 Å². The number of rotatable bonds is 6. The minimum atomic E-state index is -0.0348. The van der Waals surface area contributed by atoms with Crippen LogP contribution in [0, 0.1) is 0 Å². The van der Waals surface area contributed by atoms with Crippen LogP contribution in [0.2, 0.25) is 0 Å². The van der Waals surface area contributed by atoms with Gasteiger partial charge in [0.2, 0.25) is 0 Å². The summed E-state index contributed by atoms with van der Waals surface area (Å²) in [6.45, 7) is 0. The molecule has 142 valence electrons. The van der Waals surface area contributed by atoms with Crippen molar-refractivity contribution in [3.8, 4) is 23.0 Å². The number of aliphatic imine (C=N–C) groups is 2. The third-order valence-corrected chi connectivity index (χ3v) is 3.86. The largest absolute Gasteiger partial charge is 0.503 e. The van der Waals surface area contributed by atoms with Gasteiger partial charge in [0.25, 0.3) is 0 Å². The first-order valence-electron chi connectivity index (χ1n) is 8.39. The number of ether oxygens (including phenoxy) is 2. The Morgan fingerprint density at radius 1 is 0.714 bits per heavy atom. The van der Waals surface area contributed by atoms with E-state index in [9.17, 15) is 10.2 Å². The second kappa shape index (κ2) is 8.68. The summed E-state index contributed by atoms with van der Waals surface area (Å²) in [5.74, 6) is 0.628. The van der Waals surface area contributed by atoms with Gasteiger partial charge >= 0.3 is 0 Å². The van der Waals surface area contributed by atoms with Crippen LogP contribution in [0.25, 0.3) is 0 Å². The van der Waals surface area contributed by atoms with Crippen molar-refractivity contribution >= 4 is 23.8 Å². The van der Waals surface area contributed by atoms with E-state index in [1.54, 1.807) is 48.5 Å². The van der Waals surface area contributed by atoms with Crippen LogP contribution in [-0.2, 0) is 0 Å². The van der Waals surface area contributed by atoms with Gasteiger partial charge in [-0.15, -0.1) is 0 Å². The molecule has 0 saturated carbocycles. The monoisotopic (exact) mass is 377 g/mol. The maximum absolute atomic E-state index is 10.1. The van der Waals surface area contributed by atoms with Crippen molar-refractivity contribution in [1.29, 1.82) is 0 Å². The van der Waals surface area contributed by atoms with Crippen LogP contribution in [0.3, 0.4) is 0 Å². The molecule has 3 aromatic rings. The molecule has 0 fully saturated rings. The molecule has 0 aliphatic carbocycles. The van der Waals surface area contributed by atoms with Crippen LogP contribution in [0.4, 0.5) is 11.4 Å². The lowest BCUT2D eigenvalue weighted by Crippen LogP contribution is -1.93. The summed E-state index contributed by atoms with van der Waals surface area (Å²) in [7, 11) is 2.96. The predicted octanol–water partition coefficient (Wildman–Crippen LogP) is 4.01. The first-order valence-corrected chi connectivity index (χ1v) is 8.39. The van der Waals surface area contributed by atoms with Gasteiger partial charge in [0, 0.05) is 0 Å². The number of phenols is 2. The molecule has 1 heterocycles. The molecule has 0 unspecified atom stereocenters. The van der Waals surface area contributed by atoms with Gasteiger partial charge < -0.3 is 19.7 Å². The molecule has 7 heteroatoms. The Morgan fingerprint density at radius 2 is 1.14 bits per heavy atom. The van der Waals surface area contributed by atoms with Gasteiger partial charge in [-0.25, -0.2) is 4.98 Å². The number of benzene rings is 2. The Balaban J connectivity index is 1.81. The van der Waals surface area contributed by atoms with E-state index in [1.165, 1.54) is 26.6 Å². The summed E-state index contributed by atoms with van der Waals surface area (Å²) < 4.78 is 10.1. The highest BCUT2D eigenvalue weighted by Crippen LogP contribution is 2.36. The number of phenolic OH excluding ortho intramolecular Hbond substituents is 2. The van der Waals surface area contributed by atoms with Gasteiger partial charge in [0.1, 0.15) is 11.4 Å². The number of aromatic nitrogens is 1. The third kappa shape index (κ3) is 4.27. The van der Waals surface area contributed by atoms with Crippen molar-refractivity contribution in [2.24, 2.45) is 9.98 Å². The molecule has 0 bridgehead atoms. The van der Waals surface area contributed by atoms with E-state index >= 15 is 0 Å². The molecular weight excluding hydrogens is 358 g/mol. The number of hydrogen-bond donors (Lipinski definition) is 2. The third-order valence-electron chi connectivity index (χ3n) is 3.86. The SMILES string of the molecule is COc1cccc(N=Cc2cccc(C=Nc3cccc(OC)c3O)n2)c1O. The molecule has 0 spiro atoms. The minimum Gasteiger partial charge on any atom is -0.503 e. The van der Waals surface area contributed by atoms with Crippen LogP contribution in [0.5, 0.6) is 23.0 Å². The molecule has 0 radical (unpaired) electrons. The molecule has 28 heavy (non-hydrogen) atoms. The molecule has 2 aromatic carbocycles. The predicted molar refractivity (Wildman–Crippen MR) is 108 cm³/mol. The van der Waals surface area contributed by atoms with Crippen molar-refractivity contribution in [2.75, 3.05) is 14.2 Å². The van der Waals surface area contributed by atoms with E-state index in [0.717, 1.165) is 0 Å². The number of hydrogen-bond acceptors (Lipinski definition) is 7. The van der Waals surface area contributed by atoms with Gasteiger partial charge in [0.15, 0.2) is 23.0 Å². The molecule has 0 amide bonds. The van der Waals surface area contributed by atoms with E-state index < -0.39 is 0 Å². The number of pyridine rings is 1. The zero-order valence-electron chi connectivity index (χ0n) is 15.4. The Kier molecular flexibility index (Phi) is 5.86. The van der Waals surface area contributed by atoms with Crippen molar-refractivity contribution < 1.29 is 19.7 Å². The Bertz CT molecular complexity index is 953. The fourth-order valence-corrected chi connectivity index (χ4v) is 2.44. The Hall–Kier alpha value is -3.87. The van der Waals surface area contributed by atoms with E-state index in [4.69, 9.17) is 9.47 Å². The number of nitrogens with zero attached hydrogens (tertiary/aromatic N) is 3. The van der Waals surface area contributed by atoms with Gasteiger partial charge in [-0.05, 0) is 36.4 Å². The highest BCUT2D eigenvalue weighted by atomic mass is 16.5. The standard InChI is InChI=1S/C21H19N3O4/c1-27-18-10-4-8-16(20(18)25)22-12-14-6-3-7-15(24-14)13-23-17-9-5-11-19(28-2)21(17)26/h3-13,25-26H,1-2H3. The van der Waals surface area contributed by atoms with E-state index in [1.807, 2.05) is 6.07 Å². The lowest BCUT2D eigenvalue weighted by atomic mass is 10.2. The zero-order valence-corrected chi connectivity index (χ0v) is 15.4. The molecule has 7 nitrogen and oxygen atoms in total. The summed E-state index contributed by atoms with van der Waals surface area (Å²) in [5.41, 5.74) is 1.92. The van der Waals surface area contributed by atoms with Crippen molar-refractivity contribution in [3.63, 3.8) is 0 Å². The normalized spacial score (nSPS) is 11.2. The molecular formula is C21H19N3O4. The molecule has 0 aliphatic rings. The Morgan fingerprint density at radius 3 is 1.57 bits per heavy atom. The van der Waals surface area contributed by atoms with E-state index in [0.29, 0.717) is 34.3 Å². The highest BCUT2D eigenvalue weighted by Gasteiger charge is 2.06. The second-order valence-corrected chi connectivity index (χ2v) is 5.66. The first kappa shape index (κ1) is 18.9. The molecule has 1 aromatic heterocycles. The van der Waals surface area contributed by atoms with Crippen LogP contribution < -0.4 is 9.47 Å². The molecule has 0 atom stereocenters. The average molecular weight is 377 g/mol. The average Bonchev–Trinajstić information content (AvgIpc) is 2.72. The summed E-state index contributed by atoms with van der Waals surface area (Å²) in [6, 6.07) is 15.5. The molecule has 0 saturated heterocycles. The summed E-state index contributed by atoms with van der Waals surface area (Å²) >= 11 is 0. The fraction of sp³-hybridized carbons (Fsp3) is 0.0952. The lowest BCUT2D eigenvalue weighted by molar-refractivity contribution is 0.374. The van der Waals surface area contributed by atoms with Crippen LogP contribution in [-0.4, -0.2) is 41.8 Å². The number of methoxy groups -OCH3 is 2. The molecule has 2 N–H and O–H groups in total. The van der Waals surface area contributed by atoms with Gasteiger partial charge in [0.05, 0.1) is 38.0 Å². The van der Waals surface area contributed by atoms with Crippen LogP contribution in [0.1, 0.15) is 11.4 Å². The summed E-state index contributed by atoms with van der Waals surface area (Å²) in [5, 5.41) is 20.2. The first-order chi connectivity index (χ1) is 13.6.